The second-order valence-corrected chi connectivity index (χ2v) is 6.51. The molecule has 1 aromatic heterocycles. The fraction of sp³-hybridized carbons (Fsp3) is 0.722. The maximum absolute atomic E-state index is 5.54. The van der Waals surface area contributed by atoms with Crippen LogP contribution in [0, 0.1) is 25.7 Å². The van der Waals surface area contributed by atoms with Crippen molar-refractivity contribution in [1.29, 1.82) is 0 Å². The molecule has 0 amide bonds. The minimum atomic E-state index is 0.524. The van der Waals surface area contributed by atoms with Gasteiger partial charge in [-0.2, -0.15) is 0 Å². The summed E-state index contributed by atoms with van der Waals surface area (Å²) < 4.78 is 5.54. The molecule has 0 bridgehead atoms. The van der Waals surface area contributed by atoms with Crippen LogP contribution in [0.3, 0.4) is 0 Å². The van der Waals surface area contributed by atoms with Crippen LogP contribution in [0.2, 0.25) is 0 Å². The van der Waals surface area contributed by atoms with Crippen LogP contribution in [0.5, 0.6) is 5.75 Å². The Labute approximate surface area is 129 Å². The van der Waals surface area contributed by atoms with Gasteiger partial charge in [-0.3, -0.25) is 4.98 Å². The molecule has 1 heterocycles. The first kappa shape index (κ1) is 16.3. The molecule has 0 aliphatic heterocycles. The molecule has 2 unspecified atom stereocenters. The number of methoxy groups -OCH3 is 1. The van der Waals surface area contributed by atoms with Crippen LogP contribution in [0.15, 0.2) is 6.20 Å². The quantitative estimate of drug-likeness (QED) is 0.793. The van der Waals surface area contributed by atoms with Gasteiger partial charge < -0.3 is 10.1 Å². The van der Waals surface area contributed by atoms with E-state index in [2.05, 4.69) is 38.0 Å². The van der Waals surface area contributed by atoms with Gasteiger partial charge in [0.2, 0.25) is 0 Å². The van der Waals surface area contributed by atoms with Gasteiger partial charge in [0.1, 0.15) is 5.75 Å². The van der Waals surface area contributed by atoms with Crippen molar-refractivity contribution in [3.05, 3.63) is 23.0 Å². The van der Waals surface area contributed by atoms with E-state index < -0.39 is 0 Å². The highest BCUT2D eigenvalue weighted by Gasteiger charge is 2.33. The standard InChI is InChI=1S/C18H30N2O/c1-6-9-19-16(13(3)15-7-8-15)10-17-14(4)18(21-5)12(2)11-20-17/h11,13,15-16,19H,6-10H2,1-5H3. The minimum Gasteiger partial charge on any atom is -0.496 e. The Morgan fingerprint density at radius 1 is 1.38 bits per heavy atom. The predicted octanol–water partition coefficient (Wildman–Crippen LogP) is 3.66. The Morgan fingerprint density at radius 2 is 2.10 bits per heavy atom. The highest BCUT2D eigenvalue weighted by molar-refractivity contribution is 5.41. The van der Waals surface area contributed by atoms with Crippen molar-refractivity contribution in [1.82, 2.24) is 10.3 Å². The van der Waals surface area contributed by atoms with Crippen LogP contribution in [-0.2, 0) is 6.42 Å². The fourth-order valence-corrected chi connectivity index (χ4v) is 3.21. The van der Waals surface area contributed by atoms with Crippen LogP contribution in [0.1, 0.15) is 49.9 Å². The van der Waals surface area contributed by atoms with Gasteiger partial charge in [0.25, 0.3) is 0 Å². The van der Waals surface area contributed by atoms with Crippen molar-refractivity contribution >= 4 is 0 Å². The van der Waals surface area contributed by atoms with E-state index in [4.69, 9.17) is 4.74 Å². The SMILES string of the molecule is CCCNC(Cc1ncc(C)c(OC)c1C)C(C)C1CC1. The van der Waals surface area contributed by atoms with Crippen LogP contribution in [-0.4, -0.2) is 24.7 Å². The molecular formula is C18H30N2O. The van der Waals surface area contributed by atoms with Crippen LogP contribution in [0.25, 0.3) is 0 Å². The zero-order valence-electron chi connectivity index (χ0n) is 14.2. The summed E-state index contributed by atoms with van der Waals surface area (Å²) >= 11 is 0. The molecular weight excluding hydrogens is 260 g/mol. The first-order valence-electron chi connectivity index (χ1n) is 8.30. The van der Waals surface area contributed by atoms with E-state index in [1.54, 1.807) is 7.11 Å². The van der Waals surface area contributed by atoms with E-state index in [0.29, 0.717) is 6.04 Å². The van der Waals surface area contributed by atoms with Gasteiger partial charge in [-0.25, -0.2) is 0 Å². The largest absolute Gasteiger partial charge is 0.496 e. The summed E-state index contributed by atoms with van der Waals surface area (Å²) in [5.41, 5.74) is 3.49. The first-order valence-corrected chi connectivity index (χ1v) is 8.30. The molecule has 0 spiro atoms. The van der Waals surface area contributed by atoms with Crippen molar-refractivity contribution in [2.45, 2.75) is 59.4 Å². The number of hydrogen-bond donors (Lipinski definition) is 1. The molecule has 2 atom stereocenters. The summed E-state index contributed by atoms with van der Waals surface area (Å²) in [7, 11) is 1.75. The van der Waals surface area contributed by atoms with Crippen LogP contribution in [0.4, 0.5) is 0 Å². The van der Waals surface area contributed by atoms with Crippen molar-refractivity contribution in [2.24, 2.45) is 11.8 Å². The average molecular weight is 290 g/mol. The van der Waals surface area contributed by atoms with E-state index in [1.807, 2.05) is 6.20 Å². The lowest BCUT2D eigenvalue weighted by molar-refractivity contribution is 0.336. The molecule has 3 heteroatoms. The Bertz CT molecular complexity index is 469. The van der Waals surface area contributed by atoms with Gasteiger partial charge in [0, 0.05) is 35.5 Å². The fourth-order valence-electron chi connectivity index (χ4n) is 3.21. The van der Waals surface area contributed by atoms with Gasteiger partial charge in [-0.15, -0.1) is 0 Å². The molecule has 0 radical (unpaired) electrons. The van der Waals surface area contributed by atoms with E-state index in [0.717, 1.165) is 36.1 Å². The zero-order valence-corrected chi connectivity index (χ0v) is 14.2. The van der Waals surface area contributed by atoms with E-state index in [-0.39, 0.29) is 0 Å². The van der Waals surface area contributed by atoms with E-state index in [9.17, 15) is 0 Å². The molecule has 1 N–H and O–H groups in total. The molecule has 1 fully saturated rings. The summed E-state index contributed by atoms with van der Waals surface area (Å²) in [4.78, 5) is 4.68. The summed E-state index contributed by atoms with van der Waals surface area (Å²) in [6.45, 7) is 9.90. The summed E-state index contributed by atoms with van der Waals surface area (Å²) in [5.74, 6) is 2.63. The third-order valence-corrected chi connectivity index (χ3v) is 4.82. The second kappa shape index (κ2) is 7.26. The maximum Gasteiger partial charge on any atom is 0.128 e. The monoisotopic (exact) mass is 290 g/mol. The predicted molar refractivity (Wildman–Crippen MR) is 87.9 cm³/mol. The molecule has 3 nitrogen and oxygen atoms in total. The second-order valence-electron chi connectivity index (χ2n) is 6.51. The van der Waals surface area contributed by atoms with Gasteiger partial charge in [0.05, 0.1) is 7.11 Å². The Hall–Kier alpha value is -1.09. The lowest BCUT2D eigenvalue weighted by atomic mass is 9.91. The molecule has 2 rings (SSSR count). The Balaban J connectivity index is 2.15. The zero-order chi connectivity index (χ0) is 15.4. The molecule has 0 aromatic carbocycles. The molecule has 1 saturated carbocycles. The Morgan fingerprint density at radius 3 is 2.67 bits per heavy atom. The molecule has 118 valence electrons. The van der Waals surface area contributed by atoms with Gasteiger partial charge >= 0.3 is 0 Å². The smallest absolute Gasteiger partial charge is 0.128 e. The number of nitrogens with one attached hydrogen (secondary N) is 1. The van der Waals surface area contributed by atoms with Crippen molar-refractivity contribution in [2.75, 3.05) is 13.7 Å². The summed E-state index contributed by atoms with van der Waals surface area (Å²) in [6, 6.07) is 0.524. The Kier molecular flexibility index (Phi) is 5.63. The summed E-state index contributed by atoms with van der Waals surface area (Å²) in [5, 5.41) is 3.74. The van der Waals surface area contributed by atoms with Gasteiger partial charge in [-0.05, 0) is 51.5 Å². The normalized spacial score (nSPS) is 17.6. The number of nitrogens with zero attached hydrogens (tertiary/aromatic N) is 1. The molecule has 1 aromatic rings. The summed E-state index contributed by atoms with van der Waals surface area (Å²) in [6.07, 6.45) is 6.92. The number of rotatable bonds is 8. The number of aryl methyl sites for hydroxylation is 1. The third-order valence-electron chi connectivity index (χ3n) is 4.82. The number of aromatic nitrogens is 1. The first-order chi connectivity index (χ1) is 10.1. The van der Waals surface area contributed by atoms with E-state index >= 15 is 0 Å². The third kappa shape index (κ3) is 3.97. The van der Waals surface area contributed by atoms with Crippen molar-refractivity contribution in [3.63, 3.8) is 0 Å². The molecule has 1 aliphatic rings. The lowest BCUT2D eigenvalue weighted by Crippen LogP contribution is -2.38. The average Bonchev–Trinajstić information content (AvgIpc) is 3.30. The molecule has 0 saturated heterocycles. The van der Waals surface area contributed by atoms with Crippen LogP contribution >= 0.6 is 0 Å². The van der Waals surface area contributed by atoms with Crippen molar-refractivity contribution in [3.8, 4) is 5.75 Å². The lowest BCUT2D eigenvalue weighted by Gasteiger charge is -2.26. The topological polar surface area (TPSA) is 34.2 Å². The van der Waals surface area contributed by atoms with Crippen LogP contribution < -0.4 is 10.1 Å². The maximum atomic E-state index is 5.54. The highest BCUT2D eigenvalue weighted by atomic mass is 16.5. The van der Waals surface area contributed by atoms with Gasteiger partial charge in [-0.1, -0.05) is 13.8 Å². The number of pyridine rings is 1. The van der Waals surface area contributed by atoms with Crippen molar-refractivity contribution < 1.29 is 4.74 Å². The highest BCUT2D eigenvalue weighted by Crippen LogP contribution is 2.39. The van der Waals surface area contributed by atoms with E-state index in [1.165, 1.54) is 30.5 Å². The molecule has 1 aliphatic carbocycles. The number of ether oxygens (including phenoxy) is 1. The minimum absolute atomic E-state index is 0.524. The van der Waals surface area contributed by atoms with Gasteiger partial charge in [0.15, 0.2) is 0 Å². The molecule has 21 heavy (non-hydrogen) atoms. The number of hydrogen-bond acceptors (Lipinski definition) is 3.